The molecule has 0 aliphatic rings. The number of halogens is 2. The lowest BCUT2D eigenvalue weighted by Gasteiger charge is -1.98. The molecule has 0 radical (unpaired) electrons. The van der Waals surface area contributed by atoms with Gasteiger partial charge in [-0.25, -0.2) is 9.18 Å². The Morgan fingerprint density at radius 3 is 2.75 bits per heavy atom. The van der Waals surface area contributed by atoms with Crippen LogP contribution in [0, 0.1) is 5.82 Å². The highest BCUT2D eigenvalue weighted by Gasteiger charge is 2.12. The molecule has 1 aromatic rings. The molecule has 0 amide bonds. The van der Waals surface area contributed by atoms with Crippen molar-refractivity contribution >= 4 is 17.6 Å². The molecule has 1 aromatic carbocycles. The molecule has 1 rings (SSSR count). The first-order valence-corrected chi connectivity index (χ1v) is 3.33. The predicted octanol–water partition coefficient (Wildman–Crippen LogP) is 2.11. The van der Waals surface area contributed by atoms with E-state index in [0.29, 0.717) is 0 Å². The summed E-state index contributed by atoms with van der Waals surface area (Å²) in [6, 6.07) is 3.39. The van der Waals surface area contributed by atoms with Gasteiger partial charge in [0.15, 0.2) is 0 Å². The third-order valence-electron chi connectivity index (χ3n) is 1.23. The zero-order valence-corrected chi connectivity index (χ0v) is 6.51. The number of rotatable bonds is 1. The van der Waals surface area contributed by atoms with Crippen LogP contribution in [0.2, 0.25) is 5.02 Å². The van der Waals surface area contributed by atoms with Gasteiger partial charge in [0.05, 0.1) is 5.56 Å². The lowest BCUT2D eigenvalue weighted by atomic mass is 10.2. The van der Waals surface area contributed by atoms with Gasteiger partial charge in [-0.05, 0) is 18.2 Å². The molecular weight excluding hydrogens is 187 g/mol. The fraction of sp³-hybridized carbons (Fsp3) is 0. The van der Waals surface area contributed by atoms with Gasteiger partial charge in [0.2, 0.25) is 0 Å². The van der Waals surface area contributed by atoms with E-state index in [4.69, 9.17) is 16.9 Å². The maximum absolute atomic E-state index is 12.8. The molecule has 64 valence electrons. The summed E-state index contributed by atoms with van der Waals surface area (Å²) >= 11 is 5.41. The molecule has 0 bridgehead atoms. The summed E-state index contributed by atoms with van der Waals surface area (Å²) in [5.74, 6) is -1.98. The van der Waals surface area contributed by atoms with Gasteiger partial charge in [-0.3, -0.25) is 4.89 Å². The van der Waals surface area contributed by atoms with Gasteiger partial charge in [-0.2, -0.15) is 5.26 Å². The Kier molecular flexibility index (Phi) is 2.62. The van der Waals surface area contributed by atoms with Crippen LogP contribution in [0.4, 0.5) is 4.39 Å². The van der Waals surface area contributed by atoms with E-state index in [1.807, 2.05) is 0 Å². The molecule has 0 fully saturated rings. The quantitative estimate of drug-likeness (QED) is 0.545. The van der Waals surface area contributed by atoms with Crippen LogP contribution in [0.5, 0.6) is 0 Å². The number of carbonyl (C=O) groups excluding carboxylic acids is 1. The van der Waals surface area contributed by atoms with Crippen molar-refractivity contribution in [2.45, 2.75) is 0 Å². The number of carbonyl (C=O) groups is 1. The average Bonchev–Trinajstić information content (AvgIpc) is 2.03. The first kappa shape index (κ1) is 8.96. The molecule has 0 aromatic heterocycles. The topological polar surface area (TPSA) is 46.5 Å². The molecule has 0 saturated carbocycles. The Morgan fingerprint density at radius 1 is 1.58 bits per heavy atom. The fourth-order valence-corrected chi connectivity index (χ4v) is 0.863. The maximum atomic E-state index is 12.8. The van der Waals surface area contributed by atoms with Gasteiger partial charge < -0.3 is 0 Å². The number of hydrogen-bond acceptors (Lipinski definition) is 3. The zero-order valence-electron chi connectivity index (χ0n) is 5.75. The number of benzene rings is 1. The fourth-order valence-electron chi connectivity index (χ4n) is 0.704. The molecule has 0 atom stereocenters. The molecular formula is C7H4ClFO3. The molecule has 0 aliphatic heterocycles. The Bertz CT molecular complexity index is 314. The average molecular weight is 191 g/mol. The highest BCUT2D eigenvalue weighted by atomic mass is 35.5. The molecule has 3 nitrogen and oxygen atoms in total. The van der Waals surface area contributed by atoms with Crippen LogP contribution in [-0.2, 0) is 4.89 Å². The molecule has 0 saturated heterocycles. The highest BCUT2D eigenvalue weighted by molar-refractivity contribution is 6.30. The van der Waals surface area contributed by atoms with Crippen molar-refractivity contribution in [3.63, 3.8) is 0 Å². The summed E-state index contributed by atoms with van der Waals surface area (Å²) in [6.45, 7) is 0. The summed E-state index contributed by atoms with van der Waals surface area (Å²) in [4.78, 5) is 13.9. The Balaban J connectivity index is 3.09. The normalized spacial score (nSPS) is 9.58. The second-order valence-electron chi connectivity index (χ2n) is 2.00. The third kappa shape index (κ3) is 1.72. The molecule has 0 spiro atoms. The van der Waals surface area contributed by atoms with Crippen molar-refractivity contribution in [3.8, 4) is 0 Å². The van der Waals surface area contributed by atoms with Crippen molar-refractivity contribution in [1.29, 1.82) is 0 Å². The van der Waals surface area contributed by atoms with E-state index in [-0.39, 0.29) is 10.6 Å². The smallest absolute Gasteiger partial charge is 0.295 e. The first-order chi connectivity index (χ1) is 5.65. The second kappa shape index (κ2) is 3.51. The van der Waals surface area contributed by atoms with Crippen LogP contribution in [0.3, 0.4) is 0 Å². The van der Waals surface area contributed by atoms with E-state index >= 15 is 0 Å². The number of hydrogen-bond donors (Lipinski definition) is 1. The Labute approximate surface area is 72.3 Å². The van der Waals surface area contributed by atoms with Crippen LogP contribution in [0.1, 0.15) is 10.4 Å². The summed E-state index contributed by atoms with van der Waals surface area (Å²) in [7, 11) is 0. The van der Waals surface area contributed by atoms with Gasteiger partial charge in [-0.15, -0.1) is 0 Å². The van der Waals surface area contributed by atoms with Crippen LogP contribution in [0.15, 0.2) is 18.2 Å². The van der Waals surface area contributed by atoms with Crippen LogP contribution < -0.4 is 0 Å². The minimum atomic E-state index is -1.15. The summed E-state index contributed by atoms with van der Waals surface area (Å²) in [5.41, 5.74) is -0.359. The first-order valence-electron chi connectivity index (χ1n) is 2.96. The lowest BCUT2D eigenvalue weighted by molar-refractivity contribution is -0.183. The van der Waals surface area contributed by atoms with Crippen molar-refractivity contribution < 1.29 is 19.3 Å². The van der Waals surface area contributed by atoms with Crippen LogP contribution >= 0.6 is 11.6 Å². The van der Waals surface area contributed by atoms with E-state index in [9.17, 15) is 9.18 Å². The van der Waals surface area contributed by atoms with Gasteiger partial charge in [0, 0.05) is 5.02 Å². The zero-order chi connectivity index (χ0) is 9.14. The lowest BCUT2D eigenvalue weighted by Crippen LogP contribution is -2.04. The highest BCUT2D eigenvalue weighted by Crippen LogP contribution is 2.14. The van der Waals surface area contributed by atoms with E-state index in [0.717, 1.165) is 12.1 Å². The maximum Gasteiger partial charge on any atom is 0.375 e. The van der Waals surface area contributed by atoms with E-state index in [1.165, 1.54) is 6.07 Å². The van der Waals surface area contributed by atoms with Crippen molar-refractivity contribution in [2.75, 3.05) is 0 Å². The molecule has 5 heteroatoms. The van der Waals surface area contributed by atoms with Crippen molar-refractivity contribution in [2.24, 2.45) is 0 Å². The molecule has 0 unspecified atom stereocenters. The van der Waals surface area contributed by atoms with E-state index < -0.39 is 11.8 Å². The summed E-state index contributed by atoms with van der Waals surface area (Å²) < 4.78 is 12.8. The van der Waals surface area contributed by atoms with Crippen molar-refractivity contribution in [1.82, 2.24) is 0 Å². The summed E-state index contributed by atoms with van der Waals surface area (Å²) in [5, 5.41) is 8.10. The van der Waals surface area contributed by atoms with Crippen molar-refractivity contribution in [3.05, 3.63) is 34.6 Å². The molecule has 0 heterocycles. The van der Waals surface area contributed by atoms with Crippen LogP contribution in [0.25, 0.3) is 0 Å². The van der Waals surface area contributed by atoms with Gasteiger partial charge in [-0.1, -0.05) is 11.6 Å². The minimum absolute atomic E-state index is 0.169. The molecule has 0 aliphatic carbocycles. The predicted molar refractivity (Wildman–Crippen MR) is 39.5 cm³/mol. The molecule has 1 N–H and O–H groups in total. The van der Waals surface area contributed by atoms with E-state index in [1.54, 1.807) is 0 Å². The van der Waals surface area contributed by atoms with Gasteiger partial charge in [0.25, 0.3) is 0 Å². The second-order valence-corrected chi connectivity index (χ2v) is 2.44. The molecule has 12 heavy (non-hydrogen) atoms. The SMILES string of the molecule is O=C(OO)c1ccc(Cl)cc1F. The minimum Gasteiger partial charge on any atom is -0.295 e. The monoisotopic (exact) mass is 190 g/mol. The largest absolute Gasteiger partial charge is 0.375 e. The standard InChI is InChI=1S/C7H4ClFO3/c8-4-1-2-5(6(9)3-4)7(10)12-11/h1-3,11H. The summed E-state index contributed by atoms with van der Waals surface area (Å²) in [6.07, 6.45) is 0. The third-order valence-corrected chi connectivity index (χ3v) is 1.47. The van der Waals surface area contributed by atoms with E-state index in [2.05, 4.69) is 4.89 Å². The van der Waals surface area contributed by atoms with Gasteiger partial charge in [0.1, 0.15) is 5.82 Å². The van der Waals surface area contributed by atoms with Gasteiger partial charge >= 0.3 is 5.97 Å². The Hall–Kier alpha value is -1.13. The Morgan fingerprint density at radius 2 is 2.25 bits per heavy atom. The van der Waals surface area contributed by atoms with Crippen LogP contribution in [-0.4, -0.2) is 11.2 Å².